The van der Waals surface area contributed by atoms with Gasteiger partial charge in [-0.05, 0) is 76.7 Å². The van der Waals surface area contributed by atoms with Crippen molar-refractivity contribution in [2.45, 2.75) is 31.7 Å². The minimum atomic E-state index is -2.44. The number of aromatic nitrogens is 2. The molecule has 3 heterocycles. The maximum Gasteiger partial charge on any atom is 0.224 e. The van der Waals surface area contributed by atoms with Crippen LogP contribution < -0.4 is 21.3 Å². The van der Waals surface area contributed by atoms with E-state index in [9.17, 15) is 4.57 Å². The van der Waals surface area contributed by atoms with Crippen LogP contribution in [0, 0.1) is 5.92 Å². The Morgan fingerprint density at radius 1 is 1.22 bits per heavy atom. The normalized spacial score (nSPS) is 20.4. The van der Waals surface area contributed by atoms with E-state index in [1.54, 1.807) is 19.5 Å². The van der Waals surface area contributed by atoms with Gasteiger partial charge in [-0.3, -0.25) is 0 Å². The molecule has 0 aliphatic carbocycles. The van der Waals surface area contributed by atoms with Crippen molar-refractivity contribution in [3.8, 4) is 0 Å². The largest absolute Gasteiger partial charge is 0.350 e. The zero-order valence-corrected chi connectivity index (χ0v) is 20.6. The molecular weight excluding hydrogens is 443 g/mol. The van der Waals surface area contributed by atoms with Gasteiger partial charge in [0.25, 0.3) is 0 Å². The third-order valence-corrected chi connectivity index (χ3v) is 8.23. The van der Waals surface area contributed by atoms with Crippen molar-refractivity contribution in [3.05, 3.63) is 35.5 Å². The van der Waals surface area contributed by atoms with Crippen LogP contribution in [0.2, 0.25) is 5.02 Å². The van der Waals surface area contributed by atoms with Gasteiger partial charge in [-0.2, -0.15) is 4.98 Å². The van der Waals surface area contributed by atoms with Crippen molar-refractivity contribution in [1.29, 1.82) is 0 Å². The number of nitrogens with one attached hydrogen (secondary N) is 3. The summed E-state index contributed by atoms with van der Waals surface area (Å²) in [5, 5.41) is 11.4. The molecule has 2 aliphatic rings. The van der Waals surface area contributed by atoms with E-state index in [0.717, 1.165) is 49.5 Å². The fourth-order valence-electron chi connectivity index (χ4n) is 4.57. The molecule has 2 fully saturated rings. The van der Waals surface area contributed by atoms with Crippen molar-refractivity contribution in [2.75, 3.05) is 56.7 Å². The first-order valence-electron chi connectivity index (χ1n) is 11.5. The number of piperidine rings is 1. The highest BCUT2D eigenvalue weighted by atomic mass is 35.5. The molecule has 3 N–H and O–H groups in total. The fraction of sp³-hybridized carbons (Fsp3) is 0.565. The van der Waals surface area contributed by atoms with Gasteiger partial charge in [0.2, 0.25) is 5.95 Å². The molecule has 0 amide bonds. The summed E-state index contributed by atoms with van der Waals surface area (Å²) in [6.07, 6.45) is 6.59. The van der Waals surface area contributed by atoms with Gasteiger partial charge in [0, 0.05) is 24.4 Å². The molecule has 32 heavy (non-hydrogen) atoms. The summed E-state index contributed by atoms with van der Waals surface area (Å²) >= 11 is 6.37. The molecule has 1 unspecified atom stereocenters. The van der Waals surface area contributed by atoms with E-state index in [-0.39, 0.29) is 0 Å². The zero-order valence-electron chi connectivity index (χ0n) is 19.0. The highest BCUT2D eigenvalue weighted by Gasteiger charge is 2.24. The Bertz CT molecular complexity index is 961. The standard InChI is InChI=1S/C23H34ClN6OP/c1-32(2,31)21-6-4-3-5-20(21)28-22-19(24)15-26-23(29-22)27-18-10-14-30(16-18)13-9-17-7-11-25-12-8-17/h3-6,15,17-18,25H,7-14,16H2,1-2H3,(H2,26,27,28,29). The average Bonchev–Trinajstić information content (AvgIpc) is 3.22. The number of halogens is 1. The second-order valence-corrected chi connectivity index (χ2v) is 12.9. The number of likely N-dealkylation sites (tertiary alicyclic amines) is 1. The number of para-hydroxylation sites is 1. The molecule has 0 spiro atoms. The minimum absolute atomic E-state index is 0.329. The lowest BCUT2D eigenvalue weighted by Gasteiger charge is -2.25. The molecule has 174 valence electrons. The van der Waals surface area contributed by atoms with Crippen molar-refractivity contribution >= 4 is 41.5 Å². The summed E-state index contributed by atoms with van der Waals surface area (Å²) < 4.78 is 12.7. The Labute approximate surface area is 196 Å². The van der Waals surface area contributed by atoms with Crippen molar-refractivity contribution in [1.82, 2.24) is 20.2 Å². The Morgan fingerprint density at radius 3 is 2.78 bits per heavy atom. The summed E-state index contributed by atoms with van der Waals surface area (Å²) in [7, 11) is -2.44. The first kappa shape index (κ1) is 23.5. The maximum atomic E-state index is 12.7. The van der Waals surface area contributed by atoms with Crippen LogP contribution in [0.4, 0.5) is 17.5 Å². The molecule has 2 aromatic rings. The molecule has 1 aromatic carbocycles. The van der Waals surface area contributed by atoms with Crippen LogP contribution in [0.15, 0.2) is 30.5 Å². The van der Waals surface area contributed by atoms with Crippen molar-refractivity contribution in [2.24, 2.45) is 5.92 Å². The lowest BCUT2D eigenvalue weighted by atomic mass is 9.94. The smallest absolute Gasteiger partial charge is 0.224 e. The van der Waals surface area contributed by atoms with E-state index in [2.05, 4.69) is 30.8 Å². The predicted molar refractivity (Wildman–Crippen MR) is 135 cm³/mol. The summed E-state index contributed by atoms with van der Waals surface area (Å²) in [5.74, 6) is 1.95. The molecule has 0 bridgehead atoms. The van der Waals surface area contributed by atoms with Gasteiger partial charge in [0.05, 0.1) is 11.9 Å². The topological polar surface area (TPSA) is 82.2 Å². The van der Waals surface area contributed by atoms with E-state index in [0.29, 0.717) is 22.8 Å². The fourth-order valence-corrected chi connectivity index (χ4v) is 5.87. The number of nitrogens with zero attached hydrogens (tertiary/aromatic N) is 3. The number of anilines is 3. The first-order chi connectivity index (χ1) is 15.4. The summed E-state index contributed by atoms with van der Waals surface area (Å²) in [4.78, 5) is 11.6. The zero-order chi connectivity index (χ0) is 22.6. The Kier molecular flexibility index (Phi) is 7.72. The number of rotatable bonds is 8. The molecule has 2 saturated heterocycles. The van der Waals surface area contributed by atoms with Gasteiger partial charge in [-0.15, -0.1) is 0 Å². The van der Waals surface area contributed by atoms with Gasteiger partial charge in [0.15, 0.2) is 5.82 Å². The Hall–Kier alpha value is -1.66. The van der Waals surface area contributed by atoms with Gasteiger partial charge in [-0.1, -0.05) is 23.7 Å². The van der Waals surface area contributed by atoms with Crippen LogP contribution >= 0.6 is 18.7 Å². The SMILES string of the molecule is CP(C)(=O)c1ccccc1Nc1nc(NC2CCN(CCC3CCNCC3)C2)ncc1Cl. The van der Waals surface area contributed by atoms with E-state index < -0.39 is 7.14 Å². The lowest BCUT2D eigenvalue weighted by Crippen LogP contribution is -2.32. The summed E-state index contributed by atoms with van der Waals surface area (Å²) in [6.45, 7) is 9.14. The monoisotopic (exact) mass is 476 g/mol. The van der Waals surface area contributed by atoms with Crippen LogP contribution in [0.25, 0.3) is 0 Å². The molecular formula is C23H34ClN6OP. The Balaban J connectivity index is 1.36. The van der Waals surface area contributed by atoms with Gasteiger partial charge < -0.3 is 25.4 Å². The highest BCUT2D eigenvalue weighted by Crippen LogP contribution is 2.38. The number of benzene rings is 1. The van der Waals surface area contributed by atoms with E-state index in [1.807, 2.05) is 24.3 Å². The van der Waals surface area contributed by atoms with Gasteiger partial charge in [0.1, 0.15) is 12.2 Å². The van der Waals surface area contributed by atoms with Crippen molar-refractivity contribution < 1.29 is 4.57 Å². The maximum absolute atomic E-state index is 12.7. The molecule has 4 rings (SSSR count). The molecule has 0 radical (unpaired) electrons. The molecule has 2 aliphatic heterocycles. The first-order valence-corrected chi connectivity index (χ1v) is 14.5. The average molecular weight is 477 g/mol. The summed E-state index contributed by atoms with van der Waals surface area (Å²) in [6, 6.07) is 7.92. The number of hydrogen-bond acceptors (Lipinski definition) is 7. The molecule has 1 aromatic heterocycles. The van der Waals surface area contributed by atoms with Crippen LogP contribution in [-0.2, 0) is 4.57 Å². The molecule has 1 atom stereocenters. The Morgan fingerprint density at radius 2 is 2.00 bits per heavy atom. The molecule has 9 heteroatoms. The highest BCUT2D eigenvalue weighted by molar-refractivity contribution is 7.70. The van der Waals surface area contributed by atoms with Crippen LogP contribution in [0.3, 0.4) is 0 Å². The summed E-state index contributed by atoms with van der Waals surface area (Å²) in [5.41, 5.74) is 0.761. The van der Waals surface area contributed by atoms with Crippen LogP contribution in [-0.4, -0.2) is 67.0 Å². The van der Waals surface area contributed by atoms with E-state index in [1.165, 1.54) is 25.8 Å². The quantitative estimate of drug-likeness (QED) is 0.497. The van der Waals surface area contributed by atoms with Crippen LogP contribution in [0.1, 0.15) is 25.7 Å². The second-order valence-electron chi connectivity index (χ2n) is 9.30. The third kappa shape index (κ3) is 6.22. The van der Waals surface area contributed by atoms with Crippen LogP contribution in [0.5, 0.6) is 0 Å². The predicted octanol–water partition coefficient (Wildman–Crippen LogP) is 4.00. The molecule has 7 nitrogen and oxygen atoms in total. The van der Waals surface area contributed by atoms with E-state index >= 15 is 0 Å². The number of hydrogen-bond donors (Lipinski definition) is 3. The van der Waals surface area contributed by atoms with Gasteiger partial charge in [-0.25, -0.2) is 4.98 Å². The van der Waals surface area contributed by atoms with E-state index in [4.69, 9.17) is 11.6 Å². The lowest BCUT2D eigenvalue weighted by molar-refractivity contribution is 0.271. The van der Waals surface area contributed by atoms with Crippen molar-refractivity contribution in [3.63, 3.8) is 0 Å². The third-order valence-electron chi connectivity index (χ3n) is 6.40. The van der Waals surface area contributed by atoms with Gasteiger partial charge >= 0.3 is 0 Å². The molecule has 0 saturated carbocycles. The minimum Gasteiger partial charge on any atom is -0.350 e. The second kappa shape index (κ2) is 10.5.